The first-order chi connectivity index (χ1) is 15.2. The fraction of sp³-hybridized carbons (Fsp3) is 0.238. The molecule has 2 heterocycles. The highest BCUT2D eigenvalue weighted by Gasteiger charge is 2.46. The second-order valence-electron chi connectivity index (χ2n) is 7.20. The van der Waals surface area contributed by atoms with Crippen molar-refractivity contribution in [3.8, 4) is 5.75 Å². The second kappa shape index (κ2) is 8.55. The molecule has 2 N–H and O–H groups in total. The van der Waals surface area contributed by atoms with Gasteiger partial charge in [0, 0.05) is 17.5 Å². The van der Waals surface area contributed by atoms with Crippen molar-refractivity contribution < 1.29 is 22.7 Å². The Morgan fingerprint density at radius 1 is 1.19 bits per heavy atom. The fourth-order valence-electron chi connectivity index (χ4n) is 3.52. The molecule has 0 saturated carbocycles. The molecule has 6 nitrogen and oxygen atoms in total. The number of nitrogens with one attached hydrogen (secondary N) is 2. The highest BCUT2D eigenvalue weighted by Crippen LogP contribution is 2.43. The van der Waals surface area contributed by atoms with E-state index in [1.807, 2.05) is 0 Å². The van der Waals surface area contributed by atoms with Crippen molar-refractivity contribution in [2.45, 2.75) is 24.7 Å². The Hall–Kier alpha value is -2.91. The van der Waals surface area contributed by atoms with E-state index < -0.39 is 24.2 Å². The molecule has 4 rings (SSSR count). The number of alkyl halides is 3. The van der Waals surface area contributed by atoms with Crippen LogP contribution in [0.25, 0.3) is 0 Å². The molecule has 0 unspecified atom stereocenters. The van der Waals surface area contributed by atoms with Gasteiger partial charge in [-0.15, -0.1) is 0 Å². The van der Waals surface area contributed by atoms with Crippen molar-refractivity contribution in [1.29, 1.82) is 0 Å². The lowest BCUT2D eigenvalue weighted by Gasteiger charge is -2.33. The van der Waals surface area contributed by atoms with Gasteiger partial charge in [0.15, 0.2) is 11.7 Å². The van der Waals surface area contributed by atoms with E-state index in [4.69, 9.17) is 27.9 Å². The number of benzene rings is 2. The summed E-state index contributed by atoms with van der Waals surface area (Å²) in [4.78, 5) is 12.7. The molecule has 0 saturated heterocycles. The maximum atomic E-state index is 13.8. The average molecular weight is 485 g/mol. The number of ether oxygens (including phenoxy) is 1. The molecule has 0 fully saturated rings. The Labute approximate surface area is 191 Å². The van der Waals surface area contributed by atoms with Crippen LogP contribution in [0.3, 0.4) is 0 Å². The number of halogens is 5. The third-order valence-corrected chi connectivity index (χ3v) is 5.68. The van der Waals surface area contributed by atoms with Gasteiger partial charge in [0.25, 0.3) is 5.91 Å². The summed E-state index contributed by atoms with van der Waals surface area (Å²) in [6.45, 7) is 0. The van der Waals surface area contributed by atoms with Gasteiger partial charge in [-0.3, -0.25) is 4.79 Å². The summed E-state index contributed by atoms with van der Waals surface area (Å²) in [5.74, 6) is -0.0258. The highest BCUT2D eigenvalue weighted by molar-refractivity contribution is 6.35. The molecule has 0 bridgehead atoms. The minimum Gasteiger partial charge on any atom is -0.497 e. The van der Waals surface area contributed by atoms with Crippen molar-refractivity contribution in [2.75, 3.05) is 17.7 Å². The number of anilines is 2. The second-order valence-corrected chi connectivity index (χ2v) is 8.04. The maximum absolute atomic E-state index is 13.8. The fourth-order valence-corrected chi connectivity index (χ4v) is 3.86. The molecule has 1 aliphatic rings. The smallest absolute Gasteiger partial charge is 0.410 e. The molecule has 32 heavy (non-hydrogen) atoms. The SMILES string of the molecule is COc1ccc([C@@H]2C[C@H](C(F)(F)F)n3nc(C(=O)Nc4cc(Cl)ccc4Cl)cc3N2)cc1. The molecule has 2 aromatic carbocycles. The normalized spacial score (nSPS) is 17.9. The van der Waals surface area contributed by atoms with Crippen molar-refractivity contribution >= 4 is 40.6 Å². The standard InChI is InChI=1S/C21H17Cl2F3N4O2/c1-32-13-5-2-11(3-6-13)15-9-18(21(24,25)26)30-19(27-15)10-17(29-30)20(31)28-16-8-12(22)4-7-14(16)23/h2-8,10,15,18,27H,9H2,1H3,(H,28,31)/t15-,18+/m0/s1. The first-order valence-corrected chi connectivity index (χ1v) is 10.2. The molecule has 0 spiro atoms. The maximum Gasteiger partial charge on any atom is 0.410 e. The summed E-state index contributed by atoms with van der Waals surface area (Å²) >= 11 is 12.0. The van der Waals surface area contributed by atoms with Gasteiger partial charge in [-0.1, -0.05) is 35.3 Å². The van der Waals surface area contributed by atoms with Crippen LogP contribution < -0.4 is 15.4 Å². The highest BCUT2D eigenvalue weighted by atomic mass is 35.5. The van der Waals surface area contributed by atoms with E-state index in [0.29, 0.717) is 16.3 Å². The Morgan fingerprint density at radius 3 is 2.56 bits per heavy atom. The zero-order valence-electron chi connectivity index (χ0n) is 16.6. The first-order valence-electron chi connectivity index (χ1n) is 9.49. The largest absolute Gasteiger partial charge is 0.497 e. The minimum atomic E-state index is -4.56. The molecular formula is C21H17Cl2F3N4O2. The van der Waals surface area contributed by atoms with Crippen LogP contribution in [-0.2, 0) is 0 Å². The third-order valence-electron chi connectivity index (χ3n) is 5.12. The van der Waals surface area contributed by atoms with Gasteiger partial charge >= 0.3 is 6.18 Å². The van der Waals surface area contributed by atoms with Crippen LogP contribution in [0.1, 0.15) is 34.6 Å². The van der Waals surface area contributed by atoms with Crippen molar-refractivity contribution in [1.82, 2.24) is 9.78 Å². The first kappa shape index (κ1) is 22.3. The quantitative estimate of drug-likeness (QED) is 0.468. The minimum absolute atomic E-state index is 0.0849. The molecule has 3 aromatic rings. The molecule has 168 valence electrons. The molecule has 0 radical (unpaired) electrons. The summed E-state index contributed by atoms with van der Waals surface area (Å²) in [7, 11) is 1.51. The van der Waals surface area contributed by atoms with Crippen LogP contribution in [0.4, 0.5) is 24.7 Å². The lowest BCUT2D eigenvalue weighted by atomic mass is 9.97. The van der Waals surface area contributed by atoms with E-state index in [0.717, 1.165) is 4.68 Å². The van der Waals surface area contributed by atoms with Gasteiger partial charge in [0.2, 0.25) is 0 Å². The van der Waals surface area contributed by atoms with Crippen LogP contribution in [0, 0.1) is 0 Å². The van der Waals surface area contributed by atoms with Gasteiger partial charge in [-0.2, -0.15) is 18.3 Å². The van der Waals surface area contributed by atoms with Crippen LogP contribution in [0.15, 0.2) is 48.5 Å². The predicted octanol–water partition coefficient (Wildman–Crippen LogP) is 6.11. The monoisotopic (exact) mass is 484 g/mol. The van der Waals surface area contributed by atoms with Crippen molar-refractivity contribution in [2.24, 2.45) is 0 Å². The van der Waals surface area contributed by atoms with E-state index in [9.17, 15) is 18.0 Å². The van der Waals surface area contributed by atoms with Crippen LogP contribution in [-0.4, -0.2) is 29.0 Å². The number of nitrogens with zero attached hydrogens (tertiary/aromatic N) is 2. The number of hydrogen-bond acceptors (Lipinski definition) is 4. The summed E-state index contributed by atoms with van der Waals surface area (Å²) in [6, 6.07) is 9.99. The van der Waals surface area contributed by atoms with Crippen LogP contribution in [0.5, 0.6) is 5.75 Å². The summed E-state index contributed by atoms with van der Waals surface area (Å²) in [6.07, 6.45) is -4.84. The molecule has 0 aliphatic carbocycles. The Morgan fingerprint density at radius 2 is 1.91 bits per heavy atom. The predicted molar refractivity (Wildman–Crippen MR) is 116 cm³/mol. The van der Waals surface area contributed by atoms with E-state index in [-0.39, 0.29) is 28.6 Å². The molecule has 1 aromatic heterocycles. The zero-order valence-corrected chi connectivity index (χ0v) is 18.1. The number of aromatic nitrogens is 2. The lowest BCUT2D eigenvalue weighted by molar-refractivity contribution is -0.173. The zero-order chi connectivity index (χ0) is 23.0. The van der Waals surface area contributed by atoms with Crippen LogP contribution >= 0.6 is 23.2 Å². The van der Waals surface area contributed by atoms with Crippen molar-refractivity contribution in [3.63, 3.8) is 0 Å². The summed E-state index contributed by atoms with van der Waals surface area (Å²) in [5, 5.41) is 10.1. The number of amides is 1. The number of carbonyl (C=O) groups is 1. The number of hydrogen-bond donors (Lipinski definition) is 2. The molecule has 2 atom stereocenters. The Bertz CT molecular complexity index is 1150. The summed E-state index contributed by atoms with van der Waals surface area (Å²) in [5.41, 5.74) is 0.698. The van der Waals surface area contributed by atoms with E-state index in [2.05, 4.69) is 15.7 Å². The van der Waals surface area contributed by atoms with E-state index >= 15 is 0 Å². The van der Waals surface area contributed by atoms with Crippen LogP contribution in [0.2, 0.25) is 10.0 Å². The number of methoxy groups -OCH3 is 1. The number of rotatable bonds is 4. The van der Waals surface area contributed by atoms with E-state index in [1.54, 1.807) is 30.3 Å². The Balaban J connectivity index is 1.64. The molecule has 11 heteroatoms. The van der Waals surface area contributed by atoms with Gasteiger partial charge in [0.1, 0.15) is 11.6 Å². The molecular weight excluding hydrogens is 468 g/mol. The average Bonchev–Trinajstić information content (AvgIpc) is 3.19. The summed E-state index contributed by atoms with van der Waals surface area (Å²) < 4.78 is 47.4. The van der Waals surface area contributed by atoms with Crippen molar-refractivity contribution in [3.05, 3.63) is 69.8 Å². The number of carbonyl (C=O) groups excluding carboxylic acids is 1. The van der Waals surface area contributed by atoms with Gasteiger partial charge in [-0.05, 0) is 35.9 Å². The van der Waals surface area contributed by atoms with Gasteiger partial charge in [0.05, 0.1) is 23.9 Å². The molecule has 1 aliphatic heterocycles. The van der Waals surface area contributed by atoms with Gasteiger partial charge in [-0.25, -0.2) is 4.68 Å². The van der Waals surface area contributed by atoms with E-state index in [1.165, 1.54) is 25.3 Å². The Kier molecular flexibility index (Phi) is 5.96. The topological polar surface area (TPSA) is 68.2 Å². The molecule has 1 amide bonds. The lowest BCUT2D eigenvalue weighted by Crippen LogP contribution is -2.35. The van der Waals surface area contributed by atoms with Gasteiger partial charge < -0.3 is 15.4 Å². The number of fused-ring (bicyclic) bond motifs is 1. The third kappa shape index (κ3) is 4.49.